The van der Waals surface area contributed by atoms with Crippen molar-refractivity contribution in [1.29, 1.82) is 0 Å². The van der Waals surface area contributed by atoms with Gasteiger partial charge in [-0.15, -0.1) is 11.3 Å². The van der Waals surface area contributed by atoms with Crippen molar-refractivity contribution in [1.82, 2.24) is 14.9 Å². The van der Waals surface area contributed by atoms with Crippen LogP contribution in [-0.2, 0) is 17.8 Å². The maximum atomic E-state index is 12.8. The molecule has 0 spiro atoms. The lowest BCUT2D eigenvalue weighted by atomic mass is 10.1. The van der Waals surface area contributed by atoms with Crippen molar-refractivity contribution in [2.75, 3.05) is 0 Å². The summed E-state index contributed by atoms with van der Waals surface area (Å²) in [5, 5.41) is 3.95. The minimum Gasteiger partial charge on any atom is -0.352 e. The van der Waals surface area contributed by atoms with Crippen LogP contribution in [0, 0.1) is 0 Å². The number of benzene rings is 2. The molecular formula is C22H21N3O2S. The lowest BCUT2D eigenvalue weighted by Crippen LogP contribution is -2.37. The van der Waals surface area contributed by atoms with Crippen molar-refractivity contribution in [3.8, 4) is 0 Å². The van der Waals surface area contributed by atoms with Gasteiger partial charge in [0.2, 0.25) is 5.91 Å². The highest BCUT2D eigenvalue weighted by atomic mass is 32.1. The van der Waals surface area contributed by atoms with E-state index in [4.69, 9.17) is 0 Å². The zero-order valence-electron chi connectivity index (χ0n) is 15.6. The predicted octanol–water partition coefficient (Wildman–Crippen LogP) is 3.75. The van der Waals surface area contributed by atoms with Crippen molar-refractivity contribution in [2.45, 2.75) is 32.4 Å². The lowest BCUT2D eigenvalue weighted by Gasteiger charge is -2.14. The van der Waals surface area contributed by atoms with Gasteiger partial charge in [-0.3, -0.25) is 14.2 Å². The number of nitrogens with zero attached hydrogens (tertiary/aromatic N) is 2. The molecule has 4 rings (SSSR count). The Balaban J connectivity index is 1.44. The number of nitrogens with one attached hydrogen (secondary N) is 1. The Morgan fingerprint density at radius 1 is 1.14 bits per heavy atom. The molecule has 0 bridgehead atoms. The molecule has 0 unspecified atom stereocenters. The Morgan fingerprint density at radius 3 is 2.71 bits per heavy atom. The molecule has 0 aliphatic heterocycles. The van der Waals surface area contributed by atoms with Crippen LogP contribution in [0.5, 0.6) is 0 Å². The smallest absolute Gasteiger partial charge is 0.271 e. The number of rotatable bonds is 6. The maximum absolute atomic E-state index is 12.8. The van der Waals surface area contributed by atoms with Crippen LogP contribution >= 0.6 is 11.3 Å². The topological polar surface area (TPSA) is 64.0 Å². The standard InChI is InChI=1S/C22H21N3O2S/c1-15(11-12-16-7-3-2-4-8-16)24-19(26)13-25-14-23-20-17-9-5-6-10-18(17)28-21(20)22(25)27/h2-10,14-15H,11-13H2,1H3,(H,24,26)/t15-/m1/s1. The van der Waals surface area contributed by atoms with Crippen LogP contribution in [0.3, 0.4) is 0 Å². The summed E-state index contributed by atoms with van der Waals surface area (Å²) in [4.78, 5) is 29.6. The number of carbonyl (C=O) groups excluding carboxylic acids is 1. The van der Waals surface area contributed by atoms with Gasteiger partial charge in [0.15, 0.2) is 0 Å². The van der Waals surface area contributed by atoms with Crippen molar-refractivity contribution >= 4 is 37.5 Å². The van der Waals surface area contributed by atoms with E-state index in [2.05, 4.69) is 22.4 Å². The number of aromatic nitrogens is 2. The van der Waals surface area contributed by atoms with Crippen LogP contribution < -0.4 is 10.9 Å². The normalized spacial score (nSPS) is 12.3. The molecule has 1 N–H and O–H groups in total. The summed E-state index contributed by atoms with van der Waals surface area (Å²) in [6.07, 6.45) is 3.22. The van der Waals surface area contributed by atoms with E-state index in [0.29, 0.717) is 10.2 Å². The molecule has 1 amide bonds. The Hall–Kier alpha value is -2.99. The molecule has 0 radical (unpaired) electrons. The highest BCUT2D eigenvalue weighted by Gasteiger charge is 2.14. The number of thiophene rings is 1. The highest BCUT2D eigenvalue weighted by molar-refractivity contribution is 7.25. The minimum absolute atomic E-state index is 0.0221. The van der Waals surface area contributed by atoms with E-state index in [-0.39, 0.29) is 24.1 Å². The first-order chi connectivity index (χ1) is 13.6. The molecule has 0 saturated carbocycles. The van der Waals surface area contributed by atoms with Gasteiger partial charge in [0, 0.05) is 16.1 Å². The summed E-state index contributed by atoms with van der Waals surface area (Å²) in [6, 6.07) is 18.0. The molecule has 4 aromatic rings. The first-order valence-corrected chi connectivity index (χ1v) is 10.1. The third kappa shape index (κ3) is 3.82. The molecule has 1 atom stereocenters. The molecule has 28 heavy (non-hydrogen) atoms. The third-order valence-corrected chi connectivity index (χ3v) is 5.93. The molecule has 0 fully saturated rings. The summed E-state index contributed by atoms with van der Waals surface area (Å²) >= 11 is 1.42. The summed E-state index contributed by atoms with van der Waals surface area (Å²) in [6.45, 7) is 1.96. The second-order valence-electron chi connectivity index (χ2n) is 6.95. The van der Waals surface area contributed by atoms with Gasteiger partial charge in [0.05, 0.1) is 11.8 Å². The molecule has 0 saturated heterocycles. The Bertz CT molecular complexity index is 1180. The van der Waals surface area contributed by atoms with Gasteiger partial charge in [0.25, 0.3) is 5.56 Å². The summed E-state index contributed by atoms with van der Waals surface area (Å²) in [7, 11) is 0. The fourth-order valence-corrected chi connectivity index (χ4v) is 4.41. The summed E-state index contributed by atoms with van der Waals surface area (Å²) < 4.78 is 3.00. The van der Waals surface area contributed by atoms with E-state index in [1.165, 1.54) is 27.8 Å². The van der Waals surface area contributed by atoms with Crippen molar-refractivity contribution in [3.63, 3.8) is 0 Å². The lowest BCUT2D eigenvalue weighted by molar-refractivity contribution is -0.122. The number of fused-ring (bicyclic) bond motifs is 3. The molecule has 0 aliphatic carbocycles. The summed E-state index contributed by atoms with van der Waals surface area (Å²) in [5.74, 6) is -0.176. The highest BCUT2D eigenvalue weighted by Crippen LogP contribution is 2.29. The third-order valence-electron chi connectivity index (χ3n) is 4.78. The van der Waals surface area contributed by atoms with Crippen LogP contribution in [0.4, 0.5) is 0 Å². The van der Waals surface area contributed by atoms with Crippen LogP contribution in [0.2, 0.25) is 0 Å². The average Bonchev–Trinajstić information content (AvgIpc) is 3.09. The fourth-order valence-electron chi connectivity index (χ4n) is 3.30. The van der Waals surface area contributed by atoms with Crippen LogP contribution in [-0.4, -0.2) is 21.5 Å². The quantitative estimate of drug-likeness (QED) is 0.544. The van der Waals surface area contributed by atoms with Gasteiger partial charge >= 0.3 is 0 Å². The number of carbonyl (C=O) groups is 1. The number of amides is 1. The molecule has 6 heteroatoms. The second-order valence-corrected chi connectivity index (χ2v) is 8.00. The average molecular weight is 391 g/mol. The first kappa shape index (κ1) is 18.4. The van der Waals surface area contributed by atoms with Gasteiger partial charge in [-0.2, -0.15) is 0 Å². The van der Waals surface area contributed by atoms with Crippen LogP contribution in [0.15, 0.2) is 65.7 Å². The van der Waals surface area contributed by atoms with E-state index >= 15 is 0 Å². The zero-order valence-corrected chi connectivity index (χ0v) is 16.4. The minimum atomic E-state index is -0.176. The van der Waals surface area contributed by atoms with E-state index < -0.39 is 0 Å². The largest absolute Gasteiger partial charge is 0.352 e. The molecule has 2 aromatic heterocycles. The van der Waals surface area contributed by atoms with E-state index in [9.17, 15) is 9.59 Å². The number of hydrogen-bond acceptors (Lipinski definition) is 4. The van der Waals surface area contributed by atoms with Gasteiger partial charge in [-0.05, 0) is 31.4 Å². The molecule has 0 aliphatic rings. The molecule has 2 heterocycles. The Labute approximate surface area is 166 Å². The van der Waals surface area contributed by atoms with Gasteiger partial charge < -0.3 is 5.32 Å². The molecule has 142 valence electrons. The molecule has 5 nitrogen and oxygen atoms in total. The van der Waals surface area contributed by atoms with Gasteiger partial charge in [-0.1, -0.05) is 48.5 Å². The fraction of sp³-hybridized carbons (Fsp3) is 0.227. The van der Waals surface area contributed by atoms with E-state index in [0.717, 1.165) is 22.9 Å². The maximum Gasteiger partial charge on any atom is 0.271 e. The van der Waals surface area contributed by atoms with Gasteiger partial charge in [-0.25, -0.2) is 4.98 Å². The monoisotopic (exact) mass is 391 g/mol. The van der Waals surface area contributed by atoms with Crippen LogP contribution in [0.1, 0.15) is 18.9 Å². The molecular weight excluding hydrogens is 370 g/mol. The second kappa shape index (κ2) is 7.94. The number of aryl methyl sites for hydroxylation is 1. The number of hydrogen-bond donors (Lipinski definition) is 1. The van der Waals surface area contributed by atoms with Crippen LogP contribution in [0.25, 0.3) is 20.3 Å². The van der Waals surface area contributed by atoms with Crippen molar-refractivity contribution in [3.05, 3.63) is 76.8 Å². The van der Waals surface area contributed by atoms with Gasteiger partial charge in [0.1, 0.15) is 11.2 Å². The Kier molecular flexibility index (Phi) is 5.21. The van der Waals surface area contributed by atoms with Crippen molar-refractivity contribution in [2.24, 2.45) is 0 Å². The zero-order chi connectivity index (χ0) is 19.5. The Morgan fingerprint density at radius 2 is 1.89 bits per heavy atom. The van der Waals surface area contributed by atoms with E-state index in [1.807, 2.05) is 49.4 Å². The first-order valence-electron chi connectivity index (χ1n) is 9.32. The van der Waals surface area contributed by atoms with E-state index in [1.54, 1.807) is 0 Å². The SMILES string of the molecule is C[C@H](CCc1ccccc1)NC(=O)Cn1cnc2c(sc3ccccc32)c1=O. The molecule has 2 aromatic carbocycles. The predicted molar refractivity (Wildman–Crippen MR) is 114 cm³/mol. The summed E-state index contributed by atoms with van der Waals surface area (Å²) in [5.41, 5.74) is 1.79. The van der Waals surface area contributed by atoms with Crippen molar-refractivity contribution < 1.29 is 4.79 Å².